The maximum Gasteiger partial charge on any atom is 0.261 e. The molecule has 3 rings (SSSR count). The third kappa shape index (κ3) is 5.14. The van der Waals surface area contributed by atoms with Crippen molar-refractivity contribution in [3.8, 4) is 11.5 Å². The largest absolute Gasteiger partial charge is 0.453 e. The first kappa shape index (κ1) is 21.3. The van der Waals surface area contributed by atoms with Crippen LogP contribution in [0, 0.1) is 0 Å². The van der Waals surface area contributed by atoms with E-state index in [0.717, 1.165) is 0 Å². The van der Waals surface area contributed by atoms with E-state index in [9.17, 15) is 8.42 Å². The van der Waals surface area contributed by atoms with E-state index in [1.54, 1.807) is 0 Å². The number of benzene rings is 2. The molecule has 1 N–H and O–H groups in total. The molecule has 0 spiro atoms. The lowest BCUT2D eigenvalue weighted by molar-refractivity contribution is 0.481. The highest BCUT2D eigenvalue weighted by Crippen LogP contribution is 2.39. The number of anilines is 1. The number of halogens is 5. The van der Waals surface area contributed by atoms with Gasteiger partial charge in [-0.15, -0.1) is 0 Å². The summed E-state index contributed by atoms with van der Waals surface area (Å²) in [5, 5.41) is 0.892. The molecule has 1 heterocycles. The predicted molar refractivity (Wildman–Crippen MR) is 113 cm³/mol. The molecule has 0 atom stereocenters. The van der Waals surface area contributed by atoms with Crippen molar-refractivity contribution >= 4 is 73.7 Å². The van der Waals surface area contributed by atoms with E-state index in [-0.39, 0.29) is 36.4 Å². The summed E-state index contributed by atoms with van der Waals surface area (Å²) in [5.41, 5.74) is 0.127. The van der Waals surface area contributed by atoms with Crippen LogP contribution in [0.25, 0.3) is 0 Å². The Morgan fingerprint density at radius 2 is 1.39 bits per heavy atom. The SMILES string of the molecule is O=S(=O)(Nc1cc(Cl)c(Oc2cncc(Cl)c2)c(Cl)c1)c1cc(Cl)cc(Cl)c1. The van der Waals surface area contributed by atoms with E-state index in [1.807, 2.05) is 0 Å². The van der Waals surface area contributed by atoms with Gasteiger partial charge in [-0.25, -0.2) is 8.42 Å². The van der Waals surface area contributed by atoms with E-state index in [0.29, 0.717) is 10.8 Å². The van der Waals surface area contributed by atoms with Crippen LogP contribution in [0.3, 0.4) is 0 Å². The number of sulfonamides is 1. The molecule has 1 aromatic heterocycles. The molecular formula is C17H9Cl5N2O3S. The fourth-order valence-electron chi connectivity index (χ4n) is 2.18. The van der Waals surface area contributed by atoms with Gasteiger partial charge < -0.3 is 4.74 Å². The molecule has 28 heavy (non-hydrogen) atoms. The Balaban J connectivity index is 1.90. The Hall–Kier alpha value is -1.41. The molecule has 0 radical (unpaired) electrons. The molecule has 2 aromatic carbocycles. The number of hydrogen-bond donors (Lipinski definition) is 1. The van der Waals surface area contributed by atoms with Crippen LogP contribution in [0.5, 0.6) is 11.5 Å². The van der Waals surface area contributed by atoms with Crippen LogP contribution in [0.15, 0.2) is 53.7 Å². The molecule has 0 saturated heterocycles. The number of ether oxygens (including phenoxy) is 1. The van der Waals surface area contributed by atoms with Crippen molar-refractivity contribution in [1.29, 1.82) is 0 Å². The predicted octanol–water partition coefficient (Wildman–Crippen LogP) is 6.94. The summed E-state index contributed by atoms with van der Waals surface area (Å²) in [6, 6.07) is 8.19. The molecule has 0 saturated carbocycles. The van der Waals surface area contributed by atoms with Crippen LogP contribution >= 0.6 is 58.0 Å². The fraction of sp³-hybridized carbons (Fsp3) is 0. The van der Waals surface area contributed by atoms with Crippen molar-refractivity contribution in [2.24, 2.45) is 0 Å². The lowest BCUT2D eigenvalue weighted by atomic mass is 10.3. The highest BCUT2D eigenvalue weighted by molar-refractivity contribution is 7.92. The van der Waals surface area contributed by atoms with E-state index in [1.165, 1.54) is 48.8 Å². The number of rotatable bonds is 5. The summed E-state index contributed by atoms with van der Waals surface area (Å²) in [5.74, 6) is 0.444. The smallest absolute Gasteiger partial charge is 0.261 e. The molecule has 0 aliphatic heterocycles. The molecule has 0 unspecified atom stereocenters. The Kier molecular flexibility index (Phi) is 6.49. The third-order valence-corrected chi connectivity index (χ3v) is 5.86. The topological polar surface area (TPSA) is 68.3 Å². The summed E-state index contributed by atoms with van der Waals surface area (Å²) < 4.78 is 33.1. The van der Waals surface area contributed by atoms with Crippen LogP contribution < -0.4 is 9.46 Å². The quantitative estimate of drug-likeness (QED) is 0.414. The molecule has 11 heteroatoms. The summed E-state index contributed by atoms with van der Waals surface area (Å²) >= 11 is 30.0. The number of nitrogens with one attached hydrogen (secondary N) is 1. The maximum absolute atomic E-state index is 12.6. The van der Waals surface area contributed by atoms with Gasteiger partial charge in [-0.05, 0) is 30.3 Å². The Morgan fingerprint density at radius 1 is 0.786 bits per heavy atom. The van der Waals surface area contributed by atoms with Gasteiger partial charge in [-0.3, -0.25) is 9.71 Å². The van der Waals surface area contributed by atoms with Gasteiger partial charge in [0.15, 0.2) is 5.75 Å². The molecule has 0 aliphatic carbocycles. The highest BCUT2D eigenvalue weighted by atomic mass is 35.5. The number of aromatic nitrogens is 1. The highest BCUT2D eigenvalue weighted by Gasteiger charge is 2.18. The summed E-state index contributed by atoms with van der Waals surface area (Å²) in [7, 11) is -3.97. The first-order valence-electron chi connectivity index (χ1n) is 7.40. The minimum Gasteiger partial charge on any atom is -0.453 e. The van der Waals surface area contributed by atoms with E-state index in [4.69, 9.17) is 62.7 Å². The van der Waals surface area contributed by atoms with Gasteiger partial charge in [0.1, 0.15) is 5.75 Å². The second-order valence-electron chi connectivity index (χ2n) is 5.42. The van der Waals surface area contributed by atoms with Gasteiger partial charge in [0, 0.05) is 22.3 Å². The van der Waals surface area contributed by atoms with Gasteiger partial charge >= 0.3 is 0 Å². The second kappa shape index (κ2) is 8.53. The lowest BCUT2D eigenvalue weighted by Gasteiger charge is -2.13. The second-order valence-corrected chi connectivity index (χ2v) is 9.23. The van der Waals surface area contributed by atoms with Gasteiger partial charge in [0.25, 0.3) is 10.0 Å². The first-order chi connectivity index (χ1) is 13.1. The molecule has 0 fully saturated rings. The molecular weight excluding hydrogens is 490 g/mol. The number of hydrogen-bond acceptors (Lipinski definition) is 4. The Bertz CT molecular complexity index is 1110. The molecule has 5 nitrogen and oxygen atoms in total. The zero-order chi connectivity index (χ0) is 20.5. The summed E-state index contributed by atoms with van der Waals surface area (Å²) in [6.45, 7) is 0. The van der Waals surface area contributed by atoms with Crippen molar-refractivity contribution in [2.45, 2.75) is 4.90 Å². The molecule has 0 aliphatic rings. The van der Waals surface area contributed by atoms with Crippen molar-refractivity contribution in [2.75, 3.05) is 4.72 Å². The number of nitrogens with zero attached hydrogens (tertiary/aromatic N) is 1. The summed E-state index contributed by atoms with van der Waals surface area (Å²) in [6.07, 6.45) is 2.87. The monoisotopic (exact) mass is 496 g/mol. The van der Waals surface area contributed by atoms with Gasteiger partial charge in [-0.1, -0.05) is 58.0 Å². The van der Waals surface area contributed by atoms with Crippen LogP contribution in [-0.2, 0) is 10.0 Å². The van der Waals surface area contributed by atoms with Crippen LogP contribution in [0.1, 0.15) is 0 Å². The normalized spacial score (nSPS) is 11.3. The average molecular weight is 499 g/mol. The minimum absolute atomic E-state index is 0.0781. The van der Waals surface area contributed by atoms with E-state index < -0.39 is 10.0 Å². The van der Waals surface area contributed by atoms with Crippen molar-refractivity contribution in [3.05, 3.63) is 73.9 Å². The van der Waals surface area contributed by atoms with Crippen LogP contribution in [-0.4, -0.2) is 13.4 Å². The van der Waals surface area contributed by atoms with Crippen LogP contribution in [0.4, 0.5) is 5.69 Å². The van der Waals surface area contributed by atoms with Gasteiger partial charge in [0.05, 0.1) is 31.8 Å². The van der Waals surface area contributed by atoms with Crippen molar-refractivity contribution in [3.63, 3.8) is 0 Å². The van der Waals surface area contributed by atoms with Crippen molar-refractivity contribution < 1.29 is 13.2 Å². The standard InChI is InChI=1S/C17H9Cl5N2O3S/c18-9-1-10(19)4-14(3-9)28(25,26)24-12-5-15(21)17(16(22)6-12)27-13-2-11(20)7-23-8-13/h1-8,24H. The number of pyridine rings is 1. The first-order valence-corrected chi connectivity index (χ1v) is 10.8. The maximum atomic E-state index is 12.6. The Labute approximate surface area is 186 Å². The Morgan fingerprint density at radius 3 is 1.96 bits per heavy atom. The zero-order valence-electron chi connectivity index (χ0n) is 13.6. The van der Waals surface area contributed by atoms with Crippen LogP contribution in [0.2, 0.25) is 25.1 Å². The lowest BCUT2D eigenvalue weighted by Crippen LogP contribution is -2.13. The molecule has 0 amide bonds. The molecule has 0 bridgehead atoms. The fourth-order valence-corrected chi connectivity index (χ4v) is 4.67. The van der Waals surface area contributed by atoms with Gasteiger partial charge in [0.2, 0.25) is 0 Å². The zero-order valence-corrected chi connectivity index (χ0v) is 18.2. The van der Waals surface area contributed by atoms with Crippen molar-refractivity contribution in [1.82, 2.24) is 4.98 Å². The molecule has 146 valence electrons. The van der Waals surface area contributed by atoms with Gasteiger partial charge in [-0.2, -0.15) is 0 Å². The van der Waals surface area contributed by atoms with E-state index >= 15 is 0 Å². The minimum atomic E-state index is -3.97. The summed E-state index contributed by atoms with van der Waals surface area (Å²) in [4.78, 5) is 3.79. The van der Waals surface area contributed by atoms with E-state index in [2.05, 4.69) is 9.71 Å². The average Bonchev–Trinajstić information content (AvgIpc) is 2.57. The third-order valence-electron chi connectivity index (χ3n) is 3.30. The molecule has 3 aromatic rings.